The van der Waals surface area contributed by atoms with E-state index in [0.29, 0.717) is 0 Å². The third-order valence-corrected chi connectivity index (χ3v) is 5.22. The third-order valence-electron chi connectivity index (χ3n) is 2.03. The van der Waals surface area contributed by atoms with E-state index in [1.807, 2.05) is 0 Å². The lowest BCUT2D eigenvalue weighted by atomic mass is 10.5. The number of carbonyl (C=O) groups is 1. The van der Waals surface area contributed by atoms with Crippen LogP contribution in [0.25, 0.3) is 0 Å². The molecule has 0 bridgehead atoms. The molecule has 1 rings (SSSR count). The Bertz CT molecular complexity index is 493. The highest BCUT2D eigenvalue weighted by molar-refractivity contribution is 7.91. The van der Waals surface area contributed by atoms with Crippen molar-refractivity contribution in [2.75, 3.05) is 19.7 Å². The Labute approximate surface area is 111 Å². The zero-order valence-corrected chi connectivity index (χ0v) is 11.7. The molecular weight excluding hydrogens is 274 g/mol. The van der Waals surface area contributed by atoms with E-state index in [-0.39, 0.29) is 23.9 Å². The van der Waals surface area contributed by atoms with Gasteiger partial charge in [0.25, 0.3) is 10.0 Å². The van der Waals surface area contributed by atoms with E-state index in [0.717, 1.165) is 15.6 Å². The molecule has 0 aromatic carbocycles. The molecule has 0 unspecified atom stereocenters. The fourth-order valence-corrected chi connectivity index (χ4v) is 3.78. The second-order valence-corrected chi connectivity index (χ2v) is 6.44. The molecular formula is C11H15NO4S2. The maximum Gasteiger partial charge on any atom is 0.321 e. The second kappa shape index (κ2) is 6.67. The van der Waals surface area contributed by atoms with Crippen LogP contribution in [0.1, 0.15) is 6.92 Å². The molecule has 1 aromatic rings. The standard InChI is InChI=1S/C11H15NO4S2/c1-3-7-12(9-10(13)16-4-2)18(14,15)11-6-5-8-17-11/h3,5-6,8H,1,4,7,9H2,2H3. The van der Waals surface area contributed by atoms with Gasteiger partial charge in [0.2, 0.25) is 0 Å². The van der Waals surface area contributed by atoms with Crippen LogP contribution < -0.4 is 0 Å². The lowest BCUT2D eigenvalue weighted by Crippen LogP contribution is -2.36. The molecule has 0 aliphatic rings. The lowest BCUT2D eigenvalue weighted by Gasteiger charge is -2.18. The van der Waals surface area contributed by atoms with E-state index >= 15 is 0 Å². The number of ether oxygens (including phenoxy) is 1. The van der Waals surface area contributed by atoms with Crippen LogP contribution in [-0.2, 0) is 19.6 Å². The molecule has 1 aromatic heterocycles. The van der Waals surface area contributed by atoms with Crippen LogP contribution in [0.5, 0.6) is 0 Å². The van der Waals surface area contributed by atoms with Gasteiger partial charge in [0, 0.05) is 6.54 Å². The Kier molecular flexibility index (Phi) is 5.52. The summed E-state index contributed by atoms with van der Waals surface area (Å²) >= 11 is 1.11. The average Bonchev–Trinajstić information content (AvgIpc) is 2.82. The van der Waals surface area contributed by atoms with Crippen LogP contribution >= 0.6 is 11.3 Å². The summed E-state index contributed by atoms with van der Waals surface area (Å²) in [5.41, 5.74) is 0. The minimum absolute atomic E-state index is 0.0685. The van der Waals surface area contributed by atoms with Gasteiger partial charge in [0.1, 0.15) is 10.8 Å². The van der Waals surface area contributed by atoms with Crippen molar-refractivity contribution in [3.63, 3.8) is 0 Å². The first-order valence-corrected chi connectivity index (χ1v) is 7.64. The molecule has 0 spiro atoms. The van der Waals surface area contributed by atoms with Crippen molar-refractivity contribution in [2.45, 2.75) is 11.1 Å². The Morgan fingerprint density at radius 3 is 2.83 bits per heavy atom. The van der Waals surface area contributed by atoms with Crippen molar-refractivity contribution in [1.82, 2.24) is 4.31 Å². The zero-order chi connectivity index (χ0) is 13.6. The molecule has 0 aliphatic heterocycles. The lowest BCUT2D eigenvalue weighted by molar-refractivity contribution is -0.143. The molecule has 18 heavy (non-hydrogen) atoms. The van der Waals surface area contributed by atoms with E-state index in [2.05, 4.69) is 6.58 Å². The number of nitrogens with zero attached hydrogens (tertiary/aromatic N) is 1. The van der Waals surface area contributed by atoms with Gasteiger partial charge in [-0.25, -0.2) is 8.42 Å². The first-order chi connectivity index (χ1) is 8.52. The van der Waals surface area contributed by atoms with Crippen molar-refractivity contribution in [1.29, 1.82) is 0 Å². The summed E-state index contributed by atoms with van der Waals surface area (Å²) in [6.07, 6.45) is 1.43. The smallest absolute Gasteiger partial charge is 0.321 e. The molecule has 5 nitrogen and oxygen atoms in total. The highest BCUT2D eigenvalue weighted by atomic mass is 32.2. The zero-order valence-electron chi connectivity index (χ0n) is 10.0. The predicted octanol–water partition coefficient (Wildman–Crippen LogP) is 1.49. The van der Waals surface area contributed by atoms with Crippen molar-refractivity contribution in [2.24, 2.45) is 0 Å². The number of sulfonamides is 1. The van der Waals surface area contributed by atoms with Gasteiger partial charge in [0.15, 0.2) is 0 Å². The van der Waals surface area contributed by atoms with Gasteiger partial charge in [-0.1, -0.05) is 12.1 Å². The van der Waals surface area contributed by atoms with Gasteiger partial charge in [-0.2, -0.15) is 4.31 Å². The fraction of sp³-hybridized carbons (Fsp3) is 0.364. The summed E-state index contributed by atoms with van der Waals surface area (Å²) in [5.74, 6) is -0.570. The summed E-state index contributed by atoms with van der Waals surface area (Å²) in [6.45, 7) is 5.15. The first-order valence-electron chi connectivity index (χ1n) is 5.32. The van der Waals surface area contributed by atoms with Crippen molar-refractivity contribution >= 4 is 27.3 Å². The Balaban J connectivity index is 2.91. The quantitative estimate of drug-likeness (QED) is 0.563. The van der Waals surface area contributed by atoms with Crippen LogP contribution in [0, 0.1) is 0 Å². The van der Waals surface area contributed by atoms with Crippen LogP contribution in [0.4, 0.5) is 0 Å². The van der Waals surface area contributed by atoms with E-state index < -0.39 is 16.0 Å². The molecule has 0 N–H and O–H groups in total. The van der Waals surface area contributed by atoms with Crippen LogP contribution in [0.15, 0.2) is 34.4 Å². The minimum Gasteiger partial charge on any atom is -0.465 e. The summed E-state index contributed by atoms with van der Waals surface area (Å²) in [6, 6.07) is 3.15. The molecule has 0 saturated carbocycles. The van der Waals surface area contributed by atoms with E-state index in [9.17, 15) is 13.2 Å². The molecule has 7 heteroatoms. The average molecular weight is 289 g/mol. The number of thiophene rings is 1. The van der Waals surface area contributed by atoms with E-state index in [1.54, 1.807) is 18.4 Å². The second-order valence-electron chi connectivity index (χ2n) is 3.32. The Morgan fingerprint density at radius 1 is 1.61 bits per heavy atom. The number of hydrogen-bond donors (Lipinski definition) is 0. The number of esters is 1. The highest BCUT2D eigenvalue weighted by Crippen LogP contribution is 2.20. The summed E-state index contributed by atoms with van der Waals surface area (Å²) in [5, 5.41) is 1.67. The van der Waals surface area contributed by atoms with Gasteiger partial charge in [-0.3, -0.25) is 4.79 Å². The number of hydrogen-bond acceptors (Lipinski definition) is 5. The van der Waals surface area contributed by atoms with Crippen molar-refractivity contribution < 1.29 is 17.9 Å². The fourth-order valence-electron chi connectivity index (χ4n) is 1.28. The van der Waals surface area contributed by atoms with Gasteiger partial charge < -0.3 is 4.74 Å². The predicted molar refractivity (Wildman–Crippen MR) is 69.9 cm³/mol. The molecule has 100 valence electrons. The molecule has 0 atom stereocenters. The van der Waals surface area contributed by atoms with E-state index in [4.69, 9.17) is 4.74 Å². The number of rotatable bonds is 7. The highest BCUT2D eigenvalue weighted by Gasteiger charge is 2.26. The van der Waals surface area contributed by atoms with Gasteiger partial charge in [0.05, 0.1) is 6.61 Å². The maximum absolute atomic E-state index is 12.2. The third kappa shape index (κ3) is 3.66. The normalized spacial score (nSPS) is 11.4. The maximum atomic E-state index is 12.2. The van der Waals surface area contributed by atoms with Gasteiger partial charge in [-0.05, 0) is 18.4 Å². The largest absolute Gasteiger partial charge is 0.465 e. The summed E-state index contributed by atoms with van der Waals surface area (Å²) in [4.78, 5) is 11.4. The molecule has 0 amide bonds. The van der Waals surface area contributed by atoms with Gasteiger partial charge >= 0.3 is 5.97 Å². The Morgan fingerprint density at radius 2 is 2.33 bits per heavy atom. The van der Waals surface area contributed by atoms with E-state index in [1.165, 1.54) is 12.1 Å². The molecule has 0 saturated heterocycles. The van der Waals surface area contributed by atoms with Crippen LogP contribution in [-0.4, -0.2) is 38.4 Å². The van der Waals surface area contributed by atoms with Crippen LogP contribution in [0.2, 0.25) is 0 Å². The molecule has 0 fully saturated rings. The summed E-state index contributed by atoms with van der Waals surface area (Å²) in [7, 11) is -3.65. The molecule has 0 radical (unpaired) electrons. The van der Waals surface area contributed by atoms with Crippen molar-refractivity contribution in [3.05, 3.63) is 30.2 Å². The monoisotopic (exact) mass is 289 g/mol. The Hall–Kier alpha value is -1.18. The van der Waals surface area contributed by atoms with Crippen molar-refractivity contribution in [3.8, 4) is 0 Å². The topological polar surface area (TPSA) is 63.7 Å². The van der Waals surface area contributed by atoms with Gasteiger partial charge in [-0.15, -0.1) is 17.9 Å². The van der Waals surface area contributed by atoms with Crippen LogP contribution in [0.3, 0.4) is 0 Å². The SMILES string of the molecule is C=CCN(CC(=O)OCC)S(=O)(=O)c1cccs1. The first kappa shape index (κ1) is 14.9. The minimum atomic E-state index is -3.65. The number of carbonyl (C=O) groups excluding carboxylic acids is 1. The molecule has 1 heterocycles. The summed E-state index contributed by atoms with van der Waals surface area (Å²) < 4.78 is 30.4. The molecule has 0 aliphatic carbocycles.